The van der Waals surface area contributed by atoms with Gasteiger partial charge < -0.3 is 10.4 Å². The first-order valence-electron chi connectivity index (χ1n) is 7.13. The Labute approximate surface area is 119 Å². The number of hydrogen-bond acceptors (Lipinski definition) is 2. The van der Waals surface area contributed by atoms with Crippen molar-refractivity contribution >= 4 is 11.9 Å². The fourth-order valence-electron chi connectivity index (χ4n) is 2.90. The Kier molecular flexibility index (Phi) is 4.42. The van der Waals surface area contributed by atoms with Crippen molar-refractivity contribution in [2.24, 2.45) is 5.92 Å². The molecule has 0 spiro atoms. The van der Waals surface area contributed by atoms with Gasteiger partial charge in [-0.25, -0.2) is 4.79 Å². The van der Waals surface area contributed by atoms with Gasteiger partial charge in [-0.3, -0.25) is 4.79 Å². The van der Waals surface area contributed by atoms with E-state index in [0.29, 0.717) is 11.5 Å². The van der Waals surface area contributed by atoms with Gasteiger partial charge in [0.25, 0.3) is 5.91 Å². The number of carboxylic acids is 1. The molecule has 1 fully saturated rings. The standard InChI is InChI=1S/C16H21NO3/c1-10-7-13(9-14(8-10)16(19)20)15(18)17-11(2)12-5-3-4-6-12/h7-9,11-12H,3-6H2,1-2H3,(H,17,18)(H,19,20). The first-order valence-corrected chi connectivity index (χ1v) is 7.13. The van der Waals surface area contributed by atoms with Crippen molar-refractivity contribution in [2.45, 2.75) is 45.6 Å². The number of nitrogens with one attached hydrogen (secondary N) is 1. The second-order valence-corrected chi connectivity index (χ2v) is 5.70. The lowest BCUT2D eigenvalue weighted by molar-refractivity contribution is 0.0696. The lowest BCUT2D eigenvalue weighted by atomic mass is 9.99. The van der Waals surface area contributed by atoms with Crippen LogP contribution in [-0.2, 0) is 0 Å². The van der Waals surface area contributed by atoms with Crippen LogP contribution < -0.4 is 5.32 Å². The second kappa shape index (κ2) is 6.07. The molecular weight excluding hydrogens is 254 g/mol. The van der Waals surface area contributed by atoms with E-state index in [-0.39, 0.29) is 17.5 Å². The van der Waals surface area contributed by atoms with Crippen LogP contribution in [0, 0.1) is 12.8 Å². The van der Waals surface area contributed by atoms with E-state index in [9.17, 15) is 9.59 Å². The highest BCUT2D eigenvalue weighted by atomic mass is 16.4. The van der Waals surface area contributed by atoms with Gasteiger partial charge in [0.15, 0.2) is 0 Å². The minimum absolute atomic E-state index is 0.138. The predicted octanol–water partition coefficient (Wildman–Crippen LogP) is 3.00. The molecule has 0 saturated heterocycles. The molecule has 4 heteroatoms. The van der Waals surface area contributed by atoms with E-state index in [0.717, 1.165) is 18.4 Å². The van der Waals surface area contributed by atoms with Crippen LogP contribution in [0.3, 0.4) is 0 Å². The lowest BCUT2D eigenvalue weighted by Crippen LogP contribution is -2.37. The minimum Gasteiger partial charge on any atom is -0.478 e. The SMILES string of the molecule is Cc1cc(C(=O)O)cc(C(=O)NC(C)C2CCCC2)c1. The Hall–Kier alpha value is -1.84. The number of carboxylic acid groups (broad SMARTS) is 1. The van der Waals surface area contributed by atoms with Crippen molar-refractivity contribution in [3.63, 3.8) is 0 Å². The van der Waals surface area contributed by atoms with Gasteiger partial charge in [-0.2, -0.15) is 0 Å². The summed E-state index contributed by atoms with van der Waals surface area (Å²) in [6.07, 6.45) is 4.79. The molecule has 1 amide bonds. The smallest absolute Gasteiger partial charge is 0.335 e. The van der Waals surface area contributed by atoms with Crippen molar-refractivity contribution in [3.8, 4) is 0 Å². The fraction of sp³-hybridized carbons (Fsp3) is 0.500. The number of aromatic carboxylic acids is 1. The molecule has 108 valence electrons. The van der Waals surface area contributed by atoms with Crippen LogP contribution in [0.4, 0.5) is 0 Å². The molecule has 20 heavy (non-hydrogen) atoms. The molecule has 0 aromatic heterocycles. The monoisotopic (exact) mass is 275 g/mol. The molecule has 0 bridgehead atoms. The summed E-state index contributed by atoms with van der Waals surface area (Å²) in [6, 6.07) is 4.87. The molecular formula is C16H21NO3. The molecule has 1 atom stereocenters. The van der Waals surface area contributed by atoms with Crippen LogP contribution >= 0.6 is 0 Å². The van der Waals surface area contributed by atoms with E-state index in [1.165, 1.54) is 18.9 Å². The van der Waals surface area contributed by atoms with Gasteiger partial charge in [0.05, 0.1) is 5.56 Å². The van der Waals surface area contributed by atoms with E-state index < -0.39 is 5.97 Å². The van der Waals surface area contributed by atoms with Gasteiger partial charge in [0, 0.05) is 11.6 Å². The zero-order chi connectivity index (χ0) is 14.7. The Balaban J connectivity index is 2.10. The fourth-order valence-corrected chi connectivity index (χ4v) is 2.90. The highest BCUT2D eigenvalue weighted by molar-refractivity contribution is 5.97. The Morgan fingerprint density at radius 3 is 2.40 bits per heavy atom. The molecule has 1 aliphatic rings. The maximum atomic E-state index is 12.2. The molecule has 1 aliphatic carbocycles. The number of amides is 1. The van der Waals surface area contributed by atoms with Crippen LogP contribution in [0.5, 0.6) is 0 Å². The number of carbonyl (C=O) groups excluding carboxylic acids is 1. The Bertz CT molecular complexity index is 518. The van der Waals surface area contributed by atoms with Crippen molar-refractivity contribution in [2.75, 3.05) is 0 Å². The summed E-state index contributed by atoms with van der Waals surface area (Å²) in [6.45, 7) is 3.82. The largest absolute Gasteiger partial charge is 0.478 e. The number of carbonyl (C=O) groups is 2. The van der Waals surface area contributed by atoms with E-state index in [4.69, 9.17) is 5.11 Å². The maximum absolute atomic E-state index is 12.2. The van der Waals surface area contributed by atoms with E-state index in [1.54, 1.807) is 19.1 Å². The van der Waals surface area contributed by atoms with Crippen molar-refractivity contribution in [1.29, 1.82) is 0 Å². The van der Waals surface area contributed by atoms with E-state index in [2.05, 4.69) is 5.32 Å². The van der Waals surface area contributed by atoms with Gasteiger partial charge >= 0.3 is 5.97 Å². The van der Waals surface area contributed by atoms with Crippen LogP contribution in [0.2, 0.25) is 0 Å². The average Bonchev–Trinajstić information content (AvgIpc) is 2.91. The first kappa shape index (κ1) is 14.6. The molecule has 1 aromatic carbocycles. The summed E-state index contributed by atoms with van der Waals surface area (Å²) in [7, 11) is 0. The third kappa shape index (κ3) is 3.38. The molecule has 1 aromatic rings. The molecule has 1 saturated carbocycles. The summed E-state index contributed by atoms with van der Waals surface area (Å²) < 4.78 is 0. The van der Waals surface area contributed by atoms with Gasteiger partial charge in [0.1, 0.15) is 0 Å². The number of benzene rings is 1. The minimum atomic E-state index is -1.01. The van der Waals surface area contributed by atoms with Crippen molar-refractivity contribution in [3.05, 3.63) is 34.9 Å². The normalized spacial score (nSPS) is 16.9. The van der Waals surface area contributed by atoms with Crippen LogP contribution in [0.15, 0.2) is 18.2 Å². The van der Waals surface area contributed by atoms with E-state index in [1.807, 2.05) is 6.92 Å². The molecule has 2 N–H and O–H groups in total. The summed E-state index contributed by atoms with van der Waals surface area (Å²) in [5, 5.41) is 12.0. The average molecular weight is 275 g/mol. The molecule has 4 nitrogen and oxygen atoms in total. The topological polar surface area (TPSA) is 66.4 Å². The van der Waals surface area contributed by atoms with E-state index >= 15 is 0 Å². The zero-order valence-electron chi connectivity index (χ0n) is 12.0. The van der Waals surface area contributed by atoms with Crippen LogP contribution in [-0.4, -0.2) is 23.0 Å². The third-order valence-electron chi connectivity index (χ3n) is 4.05. The number of hydrogen-bond donors (Lipinski definition) is 2. The van der Waals surface area contributed by atoms with Gasteiger partial charge in [-0.1, -0.05) is 12.8 Å². The zero-order valence-corrected chi connectivity index (χ0v) is 12.0. The number of rotatable bonds is 4. The molecule has 0 radical (unpaired) electrons. The number of aryl methyl sites for hydroxylation is 1. The predicted molar refractivity (Wildman–Crippen MR) is 77.0 cm³/mol. The van der Waals surface area contributed by atoms with Crippen molar-refractivity contribution < 1.29 is 14.7 Å². The molecule has 2 rings (SSSR count). The lowest BCUT2D eigenvalue weighted by Gasteiger charge is -2.20. The first-order chi connectivity index (χ1) is 9.47. The Morgan fingerprint density at radius 2 is 1.80 bits per heavy atom. The third-order valence-corrected chi connectivity index (χ3v) is 4.05. The quantitative estimate of drug-likeness (QED) is 0.887. The summed E-state index contributed by atoms with van der Waals surface area (Å²) >= 11 is 0. The van der Waals surface area contributed by atoms with Crippen LogP contribution in [0.1, 0.15) is 58.9 Å². The highest BCUT2D eigenvalue weighted by Crippen LogP contribution is 2.27. The van der Waals surface area contributed by atoms with Gasteiger partial charge in [-0.15, -0.1) is 0 Å². The highest BCUT2D eigenvalue weighted by Gasteiger charge is 2.23. The maximum Gasteiger partial charge on any atom is 0.335 e. The summed E-state index contributed by atoms with van der Waals surface area (Å²) in [5.74, 6) is -0.648. The summed E-state index contributed by atoms with van der Waals surface area (Å²) in [5.41, 5.74) is 1.36. The van der Waals surface area contributed by atoms with Crippen molar-refractivity contribution in [1.82, 2.24) is 5.32 Å². The van der Waals surface area contributed by atoms with Gasteiger partial charge in [-0.05, 0) is 56.4 Å². The molecule has 0 aliphatic heterocycles. The van der Waals surface area contributed by atoms with Crippen LogP contribution in [0.25, 0.3) is 0 Å². The second-order valence-electron chi connectivity index (χ2n) is 5.70. The molecule has 1 unspecified atom stereocenters. The van der Waals surface area contributed by atoms with Gasteiger partial charge in [0.2, 0.25) is 0 Å². The Morgan fingerprint density at radius 1 is 1.20 bits per heavy atom. The molecule has 0 heterocycles. The summed E-state index contributed by atoms with van der Waals surface area (Å²) in [4.78, 5) is 23.3.